The topological polar surface area (TPSA) is 96.0 Å². The zero-order valence-electron chi connectivity index (χ0n) is 17.4. The van der Waals surface area contributed by atoms with Crippen molar-refractivity contribution >= 4 is 24.2 Å². The van der Waals surface area contributed by atoms with E-state index in [9.17, 15) is 19.2 Å². The summed E-state index contributed by atoms with van der Waals surface area (Å²) in [5.41, 5.74) is -1.91. The molecule has 7 heteroatoms. The van der Waals surface area contributed by atoms with Crippen LogP contribution in [-0.4, -0.2) is 36.4 Å². The fourth-order valence-electron chi connectivity index (χ4n) is 3.89. The number of rotatable bonds is 7. The fourth-order valence-corrected chi connectivity index (χ4v) is 3.89. The van der Waals surface area contributed by atoms with E-state index in [4.69, 9.17) is 14.2 Å². The molecule has 0 saturated heterocycles. The van der Waals surface area contributed by atoms with Gasteiger partial charge >= 0.3 is 12.1 Å². The van der Waals surface area contributed by atoms with Crippen LogP contribution in [-0.2, 0) is 19.1 Å². The second-order valence-corrected chi connectivity index (χ2v) is 7.50. The number of hydrogen-bond donors (Lipinski definition) is 0. The molecule has 163 valence electrons. The van der Waals surface area contributed by atoms with E-state index in [1.807, 2.05) is 6.29 Å². The molecular weight excluding hydrogens is 400 g/mol. The van der Waals surface area contributed by atoms with Gasteiger partial charge in [0.2, 0.25) is 17.7 Å². The molecule has 0 aliphatic heterocycles. The lowest BCUT2D eigenvalue weighted by Crippen LogP contribution is -2.50. The van der Waals surface area contributed by atoms with Crippen molar-refractivity contribution in [3.05, 3.63) is 54.1 Å². The molecule has 0 N–H and O–H groups in total. The normalized spacial score (nSPS) is 23.1. The average molecular weight is 425 g/mol. The van der Waals surface area contributed by atoms with Crippen LogP contribution in [0.25, 0.3) is 0 Å². The Labute approximate surface area is 181 Å². The Bertz CT molecular complexity index is 895. The number of Topliss-reactive ketones (excluding diaryl/α,β-unsaturated/α-hetero) is 1. The molecule has 7 nitrogen and oxygen atoms in total. The van der Waals surface area contributed by atoms with Gasteiger partial charge in [0.05, 0.1) is 24.0 Å². The number of ether oxygens (including phenoxy) is 3. The lowest BCUT2D eigenvalue weighted by atomic mass is 9.78. The molecule has 2 aliphatic carbocycles. The molecule has 31 heavy (non-hydrogen) atoms. The molecular formula is C24H25O7. The second kappa shape index (κ2) is 10.2. The summed E-state index contributed by atoms with van der Waals surface area (Å²) in [5, 5.41) is 0. The van der Waals surface area contributed by atoms with E-state index in [0.717, 1.165) is 19.3 Å². The van der Waals surface area contributed by atoms with Crippen molar-refractivity contribution in [2.24, 2.45) is 11.8 Å². The van der Waals surface area contributed by atoms with Crippen molar-refractivity contribution < 1.29 is 33.4 Å². The van der Waals surface area contributed by atoms with Gasteiger partial charge in [0.25, 0.3) is 0 Å². The van der Waals surface area contributed by atoms with Gasteiger partial charge in [-0.3, -0.25) is 14.4 Å². The molecule has 0 bridgehead atoms. The molecule has 1 aromatic carbocycles. The van der Waals surface area contributed by atoms with E-state index in [2.05, 4.69) is 0 Å². The summed E-state index contributed by atoms with van der Waals surface area (Å²) in [6.45, 7) is 1.73. The minimum absolute atomic E-state index is 0.00722. The van der Waals surface area contributed by atoms with Crippen LogP contribution in [0.1, 0.15) is 49.4 Å². The zero-order chi connectivity index (χ0) is 22.3. The molecule has 0 aromatic heterocycles. The van der Waals surface area contributed by atoms with Crippen molar-refractivity contribution in [2.45, 2.75) is 44.6 Å². The van der Waals surface area contributed by atoms with Gasteiger partial charge in [0.1, 0.15) is 5.75 Å². The van der Waals surface area contributed by atoms with Crippen LogP contribution in [0.15, 0.2) is 48.6 Å². The smallest absolute Gasteiger partial charge is 0.445 e. The molecule has 1 aromatic rings. The number of allylic oxidation sites excluding steroid dienone is 2. The fraction of sp³-hybridized carbons (Fsp3) is 0.417. The van der Waals surface area contributed by atoms with Gasteiger partial charge in [-0.2, -0.15) is 0 Å². The van der Waals surface area contributed by atoms with Crippen molar-refractivity contribution in [1.82, 2.24) is 0 Å². The van der Waals surface area contributed by atoms with Crippen LogP contribution in [0.4, 0.5) is 4.79 Å². The molecule has 0 heterocycles. The molecule has 0 amide bonds. The molecule has 0 spiro atoms. The van der Waals surface area contributed by atoms with Gasteiger partial charge in [-0.1, -0.05) is 49.6 Å². The van der Waals surface area contributed by atoms with Gasteiger partial charge in [0, 0.05) is 0 Å². The summed E-state index contributed by atoms with van der Waals surface area (Å²) in [5.74, 6) is -2.70. The van der Waals surface area contributed by atoms with Crippen LogP contribution in [0.2, 0.25) is 0 Å². The third kappa shape index (κ3) is 4.93. The van der Waals surface area contributed by atoms with E-state index in [0.29, 0.717) is 12.8 Å². The highest BCUT2D eigenvalue weighted by Gasteiger charge is 2.49. The van der Waals surface area contributed by atoms with E-state index >= 15 is 0 Å². The number of ketones is 1. The van der Waals surface area contributed by atoms with Crippen LogP contribution in [0.5, 0.6) is 5.75 Å². The quantitative estimate of drug-likeness (QED) is 0.368. The van der Waals surface area contributed by atoms with Gasteiger partial charge in [-0.05, 0) is 38.0 Å². The minimum Gasteiger partial charge on any atom is -0.445 e. The summed E-state index contributed by atoms with van der Waals surface area (Å²) in [6, 6.07) is 6.06. The Morgan fingerprint density at radius 3 is 2.55 bits per heavy atom. The maximum Gasteiger partial charge on any atom is 0.513 e. The first-order chi connectivity index (χ1) is 15.0. The summed E-state index contributed by atoms with van der Waals surface area (Å²) in [6.07, 6.45) is 11.1. The van der Waals surface area contributed by atoms with Gasteiger partial charge < -0.3 is 14.2 Å². The lowest BCUT2D eigenvalue weighted by Gasteiger charge is -2.35. The van der Waals surface area contributed by atoms with Crippen molar-refractivity contribution in [2.75, 3.05) is 6.61 Å². The number of carbonyl (C=O) groups is 3. The first-order valence-corrected chi connectivity index (χ1v) is 10.5. The molecule has 1 fully saturated rings. The van der Waals surface area contributed by atoms with E-state index in [1.54, 1.807) is 31.2 Å². The molecule has 2 atom stereocenters. The maximum atomic E-state index is 13.7. The molecule has 1 radical (unpaired) electrons. The SMILES string of the molecule is CCOC(=O)Oc1ccccc1C(=O)C1(OC(=O)C2CCCCC2)C=CC=CC1[C]=O. The molecule has 3 rings (SSSR count). The predicted molar refractivity (Wildman–Crippen MR) is 111 cm³/mol. The van der Waals surface area contributed by atoms with Crippen molar-refractivity contribution in [1.29, 1.82) is 0 Å². The van der Waals surface area contributed by atoms with E-state index in [1.165, 1.54) is 24.3 Å². The number of para-hydroxylation sites is 1. The highest BCUT2D eigenvalue weighted by atomic mass is 16.7. The van der Waals surface area contributed by atoms with Crippen LogP contribution >= 0.6 is 0 Å². The summed E-state index contributed by atoms with van der Waals surface area (Å²) < 4.78 is 15.7. The Morgan fingerprint density at radius 1 is 1.10 bits per heavy atom. The first-order valence-electron chi connectivity index (χ1n) is 10.5. The second-order valence-electron chi connectivity index (χ2n) is 7.50. The third-order valence-corrected chi connectivity index (χ3v) is 5.50. The van der Waals surface area contributed by atoms with Crippen LogP contribution in [0.3, 0.4) is 0 Å². The van der Waals surface area contributed by atoms with Crippen LogP contribution in [0, 0.1) is 11.8 Å². The molecule has 2 aliphatic rings. The highest BCUT2D eigenvalue weighted by molar-refractivity contribution is 6.09. The number of carbonyl (C=O) groups excluding carboxylic acids is 4. The summed E-state index contributed by atoms with van der Waals surface area (Å²) >= 11 is 0. The van der Waals surface area contributed by atoms with Gasteiger partial charge in [0.15, 0.2) is 0 Å². The number of benzene rings is 1. The van der Waals surface area contributed by atoms with Crippen molar-refractivity contribution in [3.63, 3.8) is 0 Å². The van der Waals surface area contributed by atoms with Crippen LogP contribution < -0.4 is 4.74 Å². The molecule has 1 saturated carbocycles. The van der Waals surface area contributed by atoms with E-state index < -0.39 is 29.4 Å². The lowest BCUT2D eigenvalue weighted by molar-refractivity contribution is -0.159. The maximum absolute atomic E-state index is 13.7. The highest BCUT2D eigenvalue weighted by Crippen LogP contribution is 2.36. The average Bonchev–Trinajstić information content (AvgIpc) is 2.80. The van der Waals surface area contributed by atoms with Crippen molar-refractivity contribution in [3.8, 4) is 5.75 Å². The van der Waals surface area contributed by atoms with Gasteiger partial charge in [-0.25, -0.2) is 4.79 Å². The minimum atomic E-state index is -1.90. The third-order valence-electron chi connectivity index (χ3n) is 5.50. The standard InChI is InChI=1S/C24H25O7/c1-2-29-23(28)30-20-14-7-6-13-19(20)21(26)24(15-9-8-12-18(24)16-25)31-22(27)17-10-4-3-5-11-17/h6-9,12-15,17-18H,2-5,10-11H2,1H3. The first kappa shape index (κ1) is 22.5. The Hall–Kier alpha value is -3.22. The van der Waals surface area contributed by atoms with Gasteiger partial charge in [-0.15, -0.1) is 0 Å². The Balaban J connectivity index is 1.97. The Morgan fingerprint density at radius 2 is 1.84 bits per heavy atom. The monoisotopic (exact) mass is 425 g/mol. The summed E-state index contributed by atoms with van der Waals surface area (Å²) in [7, 11) is 0. The van der Waals surface area contributed by atoms with E-state index in [-0.39, 0.29) is 23.8 Å². The predicted octanol–water partition coefficient (Wildman–Crippen LogP) is 4.12. The zero-order valence-corrected chi connectivity index (χ0v) is 17.4. The number of hydrogen-bond acceptors (Lipinski definition) is 7. The Kier molecular flexibility index (Phi) is 7.39. The summed E-state index contributed by atoms with van der Waals surface area (Å²) in [4.78, 5) is 50.2. The molecule has 2 unspecified atom stereocenters. The number of esters is 1. The largest absolute Gasteiger partial charge is 0.513 e.